The third-order valence-corrected chi connectivity index (χ3v) is 9.13. The molecule has 3 aliphatic rings. The minimum absolute atomic E-state index is 0.0844. The molecule has 1 aromatic carbocycles. The second-order valence-electron chi connectivity index (χ2n) is 10.6. The van der Waals surface area contributed by atoms with Crippen molar-refractivity contribution in [2.45, 2.75) is 81.1 Å². The van der Waals surface area contributed by atoms with Crippen LogP contribution in [0.2, 0.25) is 0 Å². The fraction of sp³-hybridized carbons (Fsp3) is 0.621. The highest BCUT2D eigenvalue weighted by atomic mass is 79.9. The molecule has 1 aromatic rings. The molecule has 8 nitrogen and oxygen atoms in total. The van der Waals surface area contributed by atoms with Crippen LogP contribution in [0.4, 0.5) is 0 Å². The molecule has 208 valence electrons. The van der Waals surface area contributed by atoms with E-state index in [1.165, 1.54) is 4.90 Å². The van der Waals surface area contributed by atoms with E-state index in [0.29, 0.717) is 19.4 Å². The van der Waals surface area contributed by atoms with E-state index in [0.717, 1.165) is 18.4 Å². The van der Waals surface area contributed by atoms with Crippen LogP contribution in [-0.4, -0.2) is 87.1 Å². The standard InChI is InChI=1S/C29H39BrN2O6/c1-5-11-18(4)31(14-6-2)27(35)25-29-16-21(30)24(38-29)22(28(36)37-7-3)23(29)26(34)32(25)20(17-33)15-19-12-9-8-10-13-19/h6,8-10,12-13,18,20-25,33H,2,5,7,11,14-17H2,1,3-4H3/t18?,20-,21?,22+,23-,24+,25+,29-/m1/s1. The van der Waals surface area contributed by atoms with Gasteiger partial charge in [0, 0.05) is 17.4 Å². The first kappa shape index (κ1) is 28.8. The largest absolute Gasteiger partial charge is 0.466 e. The molecule has 0 radical (unpaired) electrons. The summed E-state index contributed by atoms with van der Waals surface area (Å²) in [6, 6.07) is 7.85. The molecular weight excluding hydrogens is 552 g/mol. The molecule has 8 atom stereocenters. The molecule has 1 N–H and O–H groups in total. The van der Waals surface area contributed by atoms with Crippen LogP contribution in [0.3, 0.4) is 0 Å². The molecule has 4 rings (SSSR count). The minimum Gasteiger partial charge on any atom is -0.466 e. The Hall–Kier alpha value is -2.23. The third-order valence-electron chi connectivity index (χ3n) is 8.29. The molecule has 3 heterocycles. The van der Waals surface area contributed by atoms with Crippen molar-refractivity contribution in [1.82, 2.24) is 9.80 Å². The van der Waals surface area contributed by atoms with Gasteiger partial charge in [-0.3, -0.25) is 14.4 Å². The molecule has 0 aromatic heterocycles. The molecular formula is C29H39BrN2O6. The van der Waals surface area contributed by atoms with Gasteiger partial charge in [0.05, 0.1) is 37.2 Å². The number of amides is 2. The zero-order valence-electron chi connectivity index (χ0n) is 22.4. The summed E-state index contributed by atoms with van der Waals surface area (Å²) in [5.74, 6) is -2.73. The number of alkyl halides is 1. The molecule has 2 bridgehead atoms. The summed E-state index contributed by atoms with van der Waals surface area (Å²) in [4.78, 5) is 45.0. The van der Waals surface area contributed by atoms with E-state index >= 15 is 0 Å². The van der Waals surface area contributed by atoms with Gasteiger partial charge in [-0.2, -0.15) is 0 Å². The van der Waals surface area contributed by atoms with Crippen molar-refractivity contribution in [1.29, 1.82) is 0 Å². The Morgan fingerprint density at radius 1 is 1.34 bits per heavy atom. The van der Waals surface area contributed by atoms with E-state index in [1.54, 1.807) is 17.9 Å². The zero-order chi connectivity index (χ0) is 27.6. The molecule has 3 aliphatic heterocycles. The highest BCUT2D eigenvalue weighted by molar-refractivity contribution is 9.09. The van der Waals surface area contributed by atoms with E-state index in [9.17, 15) is 19.5 Å². The molecule has 3 saturated heterocycles. The van der Waals surface area contributed by atoms with E-state index < -0.39 is 41.6 Å². The highest BCUT2D eigenvalue weighted by Gasteiger charge is 2.77. The molecule has 1 spiro atoms. The van der Waals surface area contributed by atoms with Crippen LogP contribution < -0.4 is 0 Å². The molecule has 0 saturated carbocycles. The molecule has 2 amide bonds. The maximum absolute atomic E-state index is 14.5. The lowest BCUT2D eigenvalue weighted by Gasteiger charge is -2.41. The Morgan fingerprint density at radius 3 is 2.66 bits per heavy atom. The van der Waals surface area contributed by atoms with Gasteiger partial charge in [-0.05, 0) is 38.7 Å². The normalized spacial score (nSPS) is 31.1. The van der Waals surface area contributed by atoms with E-state index in [-0.39, 0.29) is 35.9 Å². The average Bonchev–Trinajstić information content (AvgIpc) is 3.49. The van der Waals surface area contributed by atoms with E-state index in [4.69, 9.17) is 9.47 Å². The number of nitrogens with zero attached hydrogens (tertiary/aromatic N) is 2. The SMILES string of the molecule is C=CCN(C(=O)[C@@H]1N([C@@H](CO)Cc2ccccc2)C(=O)[C@H]2[C@H](C(=O)OCC)[C@H]3O[C@@]12CC3Br)C(C)CCC. The van der Waals surface area contributed by atoms with Gasteiger partial charge in [-0.1, -0.05) is 65.7 Å². The first-order valence-corrected chi connectivity index (χ1v) is 14.5. The Balaban J connectivity index is 1.81. The summed E-state index contributed by atoms with van der Waals surface area (Å²) in [6.07, 6.45) is 3.58. The molecule has 0 aliphatic carbocycles. The minimum atomic E-state index is -1.19. The first-order valence-electron chi connectivity index (χ1n) is 13.6. The lowest BCUT2D eigenvalue weighted by atomic mass is 9.70. The van der Waals surface area contributed by atoms with Crippen LogP contribution in [0.25, 0.3) is 0 Å². The summed E-state index contributed by atoms with van der Waals surface area (Å²) >= 11 is 3.68. The third kappa shape index (κ3) is 4.82. The number of rotatable bonds is 12. The summed E-state index contributed by atoms with van der Waals surface area (Å²) in [6.45, 7) is 9.83. The van der Waals surface area contributed by atoms with Crippen LogP contribution >= 0.6 is 15.9 Å². The van der Waals surface area contributed by atoms with Gasteiger partial charge in [-0.15, -0.1) is 6.58 Å². The van der Waals surface area contributed by atoms with Gasteiger partial charge in [0.25, 0.3) is 0 Å². The van der Waals surface area contributed by atoms with Crippen molar-refractivity contribution in [2.24, 2.45) is 11.8 Å². The maximum Gasteiger partial charge on any atom is 0.312 e. The number of carbonyl (C=O) groups excluding carboxylic acids is 3. The Kier molecular flexibility index (Phi) is 9.00. The average molecular weight is 592 g/mol. The fourth-order valence-corrected chi connectivity index (χ4v) is 7.68. The topological polar surface area (TPSA) is 96.4 Å². The van der Waals surface area contributed by atoms with Crippen LogP contribution in [0.5, 0.6) is 0 Å². The van der Waals surface area contributed by atoms with E-state index in [2.05, 4.69) is 29.4 Å². The second-order valence-corrected chi connectivity index (χ2v) is 11.8. The van der Waals surface area contributed by atoms with Crippen molar-refractivity contribution in [2.75, 3.05) is 19.8 Å². The first-order chi connectivity index (χ1) is 18.2. The lowest BCUT2D eigenvalue weighted by Crippen LogP contribution is -2.60. The van der Waals surface area contributed by atoms with Crippen molar-refractivity contribution in [3.8, 4) is 0 Å². The van der Waals surface area contributed by atoms with Gasteiger partial charge < -0.3 is 24.4 Å². The number of aliphatic hydroxyl groups excluding tert-OH is 1. The zero-order valence-corrected chi connectivity index (χ0v) is 24.0. The number of benzene rings is 1. The Bertz CT molecular complexity index is 1040. The summed E-state index contributed by atoms with van der Waals surface area (Å²) in [7, 11) is 0. The number of likely N-dealkylation sites (tertiary alicyclic amines) is 1. The monoisotopic (exact) mass is 590 g/mol. The number of carbonyl (C=O) groups is 3. The van der Waals surface area contributed by atoms with Crippen molar-refractivity contribution >= 4 is 33.7 Å². The molecule has 2 unspecified atom stereocenters. The number of hydrogen-bond donors (Lipinski definition) is 1. The summed E-state index contributed by atoms with van der Waals surface area (Å²) < 4.78 is 11.9. The molecule has 38 heavy (non-hydrogen) atoms. The number of halogens is 1. The maximum atomic E-state index is 14.5. The van der Waals surface area contributed by atoms with Gasteiger partial charge in [0.1, 0.15) is 11.6 Å². The van der Waals surface area contributed by atoms with Gasteiger partial charge >= 0.3 is 5.97 Å². The van der Waals surface area contributed by atoms with Crippen molar-refractivity contribution in [3.05, 3.63) is 48.6 Å². The number of ether oxygens (including phenoxy) is 2. The Labute approximate surface area is 233 Å². The predicted octanol–water partition coefficient (Wildman–Crippen LogP) is 3.10. The lowest BCUT2D eigenvalue weighted by molar-refractivity contribution is -0.156. The number of esters is 1. The van der Waals surface area contributed by atoms with Crippen LogP contribution in [0.15, 0.2) is 43.0 Å². The van der Waals surface area contributed by atoms with Crippen molar-refractivity contribution in [3.63, 3.8) is 0 Å². The quantitative estimate of drug-likeness (QED) is 0.228. The number of fused-ring (bicyclic) bond motifs is 1. The predicted molar refractivity (Wildman–Crippen MR) is 146 cm³/mol. The van der Waals surface area contributed by atoms with Gasteiger partial charge in [0.15, 0.2) is 0 Å². The summed E-state index contributed by atoms with van der Waals surface area (Å²) in [5, 5.41) is 10.6. The number of aliphatic hydroxyl groups is 1. The fourth-order valence-electron chi connectivity index (χ4n) is 6.74. The number of hydrogen-bond acceptors (Lipinski definition) is 6. The Morgan fingerprint density at radius 2 is 2.05 bits per heavy atom. The van der Waals surface area contributed by atoms with Gasteiger partial charge in [-0.25, -0.2) is 0 Å². The van der Waals surface area contributed by atoms with Crippen molar-refractivity contribution < 1.29 is 29.0 Å². The summed E-state index contributed by atoms with van der Waals surface area (Å²) in [5.41, 5.74) is -0.257. The smallest absolute Gasteiger partial charge is 0.312 e. The van der Waals surface area contributed by atoms with Crippen LogP contribution in [-0.2, 0) is 30.3 Å². The second kappa shape index (κ2) is 11.9. The van der Waals surface area contributed by atoms with E-state index in [1.807, 2.05) is 37.3 Å². The van der Waals surface area contributed by atoms with Gasteiger partial charge in [0.2, 0.25) is 11.8 Å². The van der Waals surface area contributed by atoms with Crippen LogP contribution in [0, 0.1) is 11.8 Å². The molecule has 9 heteroatoms. The van der Waals surface area contributed by atoms with Crippen LogP contribution in [0.1, 0.15) is 45.6 Å². The highest BCUT2D eigenvalue weighted by Crippen LogP contribution is 2.60. The molecule has 3 fully saturated rings.